The number of anilines is 2. The SMILES string of the molecule is CC1CC1C(=O)Nc1ccc(C(=O)Nc2ccc(OCc3ccccc3)nc2)cc1. The van der Waals surface area contributed by atoms with Gasteiger partial charge in [-0.3, -0.25) is 9.59 Å². The van der Waals surface area contributed by atoms with Gasteiger partial charge in [0, 0.05) is 23.2 Å². The Labute approximate surface area is 175 Å². The first-order valence-electron chi connectivity index (χ1n) is 9.93. The van der Waals surface area contributed by atoms with Crippen LogP contribution in [0.25, 0.3) is 0 Å². The summed E-state index contributed by atoms with van der Waals surface area (Å²) in [6.07, 6.45) is 2.50. The van der Waals surface area contributed by atoms with Gasteiger partial charge in [0.05, 0.1) is 11.9 Å². The second-order valence-corrected chi connectivity index (χ2v) is 7.50. The summed E-state index contributed by atoms with van der Waals surface area (Å²) in [7, 11) is 0. The van der Waals surface area contributed by atoms with Gasteiger partial charge in [0.25, 0.3) is 5.91 Å². The van der Waals surface area contributed by atoms with Crippen LogP contribution in [-0.4, -0.2) is 16.8 Å². The van der Waals surface area contributed by atoms with Crippen LogP contribution in [0.2, 0.25) is 0 Å². The van der Waals surface area contributed by atoms with Crippen molar-refractivity contribution in [2.45, 2.75) is 20.0 Å². The number of nitrogens with zero attached hydrogens (tertiary/aromatic N) is 1. The molecule has 6 heteroatoms. The number of benzene rings is 2. The van der Waals surface area contributed by atoms with Crippen molar-refractivity contribution in [1.29, 1.82) is 0 Å². The Morgan fingerprint density at radius 2 is 1.67 bits per heavy atom. The van der Waals surface area contributed by atoms with Crippen LogP contribution in [0.5, 0.6) is 5.88 Å². The lowest BCUT2D eigenvalue weighted by Crippen LogP contribution is -2.15. The van der Waals surface area contributed by atoms with E-state index < -0.39 is 0 Å². The molecular formula is C24H23N3O3. The number of hydrogen-bond acceptors (Lipinski definition) is 4. The van der Waals surface area contributed by atoms with Gasteiger partial charge in [-0.25, -0.2) is 4.98 Å². The van der Waals surface area contributed by atoms with Crippen LogP contribution in [0.4, 0.5) is 11.4 Å². The first-order valence-corrected chi connectivity index (χ1v) is 9.93. The number of ether oxygens (including phenoxy) is 1. The minimum atomic E-state index is -0.247. The average molecular weight is 401 g/mol. The van der Waals surface area contributed by atoms with Crippen LogP contribution in [-0.2, 0) is 11.4 Å². The molecule has 2 unspecified atom stereocenters. The Bertz CT molecular complexity index is 1020. The second kappa shape index (κ2) is 8.78. The van der Waals surface area contributed by atoms with Crippen molar-refractivity contribution >= 4 is 23.2 Å². The highest BCUT2D eigenvalue weighted by molar-refractivity contribution is 6.04. The van der Waals surface area contributed by atoms with Crippen molar-refractivity contribution in [2.24, 2.45) is 11.8 Å². The summed E-state index contributed by atoms with van der Waals surface area (Å²) in [5.41, 5.74) is 2.82. The molecule has 1 heterocycles. The van der Waals surface area contributed by atoms with E-state index in [-0.39, 0.29) is 17.7 Å². The van der Waals surface area contributed by atoms with Gasteiger partial charge in [0.15, 0.2) is 0 Å². The summed E-state index contributed by atoms with van der Waals surface area (Å²) in [6, 6.07) is 20.1. The normalized spacial score (nSPS) is 17.1. The molecule has 2 N–H and O–H groups in total. The second-order valence-electron chi connectivity index (χ2n) is 7.50. The van der Waals surface area contributed by atoms with E-state index in [1.807, 2.05) is 30.3 Å². The molecule has 0 spiro atoms. The van der Waals surface area contributed by atoms with E-state index in [1.54, 1.807) is 42.6 Å². The van der Waals surface area contributed by atoms with Crippen molar-refractivity contribution in [2.75, 3.05) is 10.6 Å². The molecule has 1 aliphatic carbocycles. The third-order valence-electron chi connectivity index (χ3n) is 5.08. The Morgan fingerprint density at radius 3 is 2.30 bits per heavy atom. The fourth-order valence-electron chi connectivity index (χ4n) is 3.10. The highest BCUT2D eigenvalue weighted by Gasteiger charge is 2.39. The summed E-state index contributed by atoms with van der Waals surface area (Å²) in [5, 5.41) is 5.69. The minimum Gasteiger partial charge on any atom is -0.473 e. The number of pyridine rings is 1. The van der Waals surface area contributed by atoms with Gasteiger partial charge < -0.3 is 15.4 Å². The zero-order valence-electron chi connectivity index (χ0n) is 16.7. The fourth-order valence-corrected chi connectivity index (χ4v) is 3.10. The lowest BCUT2D eigenvalue weighted by molar-refractivity contribution is -0.117. The number of hydrogen-bond donors (Lipinski definition) is 2. The smallest absolute Gasteiger partial charge is 0.255 e. The van der Waals surface area contributed by atoms with E-state index in [2.05, 4.69) is 22.5 Å². The maximum absolute atomic E-state index is 12.4. The lowest BCUT2D eigenvalue weighted by Gasteiger charge is -2.09. The maximum Gasteiger partial charge on any atom is 0.255 e. The van der Waals surface area contributed by atoms with Crippen molar-refractivity contribution in [3.63, 3.8) is 0 Å². The molecule has 152 valence electrons. The molecule has 2 amide bonds. The van der Waals surface area contributed by atoms with E-state index >= 15 is 0 Å². The van der Waals surface area contributed by atoms with Crippen LogP contribution in [0.3, 0.4) is 0 Å². The molecule has 2 aromatic carbocycles. The van der Waals surface area contributed by atoms with Gasteiger partial charge in [0.2, 0.25) is 11.8 Å². The average Bonchev–Trinajstić information content (AvgIpc) is 3.51. The van der Waals surface area contributed by atoms with Gasteiger partial charge in [-0.15, -0.1) is 0 Å². The monoisotopic (exact) mass is 401 g/mol. The number of nitrogens with one attached hydrogen (secondary N) is 2. The summed E-state index contributed by atoms with van der Waals surface area (Å²) < 4.78 is 5.65. The molecule has 4 rings (SSSR count). The summed E-state index contributed by atoms with van der Waals surface area (Å²) in [5.74, 6) is 0.852. The lowest BCUT2D eigenvalue weighted by atomic mass is 10.2. The topological polar surface area (TPSA) is 80.3 Å². The molecule has 0 aliphatic heterocycles. The van der Waals surface area contributed by atoms with Crippen LogP contribution >= 0.6 is 0 Å². The number of carbonyl (C=O) groups excluding carboxylic acids is 2. The summed E-state index contributed by atoms with van der Waals surface area (Å²) >= 11 is 0. The quantitative estimate of drug-likeness (QED) is 0.611. The third kappa shape index (κ3) is 5.03. The number of amides is 2. The molecule has 2 atom stereocenters. The minimum absolute atomic E-state index is 0.0420. The zero-order valence-corrected chi connectivity index (χ0v) is 16.7. The van der Waals surface area contributed by atoms with Crippen LogP contribution in [0.15, 0.2) is 72.9 Å². The van der Waals surface area contributed by atoms with Gasteiger partial charge >= 0.3 is 0 Å². The molecule has 30 heavy (non-hydrogen) atoms. The third-order valence-corrected chi connectivity index (χ3v) is 5.08. The summed E-state index contributed by atoms with van der Waals surface area (Å²) in [6.45, 7) is 2.50. The van der Waals surface area contributed by atoms with E-state index in [9.17, 15) is 9.59 Å². The molecule has 3 aromatic rings. The van der Waals surface area contributed by atoms with Crippen molar-refractivity contribution < 1.29 is 14.3 Å². The molecule has 1 aliphatic rings. The predicted molar refractivity (Wildman–Crippen MR) is 115 cm³/mol. The zero-order chi connectivity index (χ0) is 20.9. The molecule has 1 fully saturated rings. The molecule has 0 bridgehead atoms. The maximum atomic E-state index is 12.4. The predicted octanol–water partition coefficient (Wildman–Crippen LogP) is 4.51. The standard InChI is InChI=1S/C24H23N3O3/c1-16-13-21(16)24(29)26-19-9-7-18(8-10-19)23(28)27-20-11-12-22(25-14-20)30-15-17-5-3-2-4-6-17/h2-12,14,16,21H,13,15H2,1H3,(H,26,29)(H,27,28). The summed E-state index contributed by atoms with van der Waals surface area (Å²) in [4.78, 5) is 28.7. The fraction of sp³-hybridized carbons (Fsp3) is 0.208. The van der Waals surface area contributed by atoms with E-state index in [4.69, 9.17) is 4.74 Å². The largest absolute Gasteiger partial charge is 0.473 e. The van der Waals surface area contributed by atoms with E-state index in [0.29, 0.717) is 35.3 Å². The molecule has 6 nitrogen and oxygen atoms in total. The first kappa shape index (κ1) is 19.6. The van der Waals surface area contributed by atoms with Crippen molar-refractivity contribution in [1.82, 2.24) is 4.98 Å². The van der Waals surface area contributed by atoms with Gasteiger partial charge in [-0.2, -0.15) is 0 Å². The first-order chi connectivity index (χ1) is 14.6. The number of rotatable bonds is 7. The molecule has 0 radical (unpaired) electrons. The van der Waals surface area contributed by atoms with E-state index in [1.165, 1.54) is 0 Å². The van der Waals surface area contributed by atoms with E-state index in [0.717, 1.165) is 12.0 Å². The number of aromatic nitrogens is 1. The Morgan fingerprint density at radius 1 is 0.967 bits per heavy atom. The molecular weight excluding hydrogens is 378 g/mol. The Hall–Kier alpha value is -3.67. The van der Waals surface area contributed by atoms with Gasteiger partial charge in [0.1, 0.15) is 6.61 Å². The Kier molecular flexibility index (Phi) is 5.75. The molecule has 1 saturated carbocycles. The highest BCUT2D eigenvalue weighted by Crippen LogP contribution is 2.38. The Balaban J connectivity index is 1.29. The van der Waals surface area contributed by atoms with Crippen LogP contribution < -0.4 is 15.4 Å². The van der Waals surface area contributed by atoms with Crippen molar-refractivity contribution in [3.8, 4) is 5.88 Å². The van der Waals surface area contributed by atoms with Gasteiger partial charge in [-0.1, -0.05) is 37.3 Å². The highest BCUT2D eigenvalue weighted by atomic mass is 16.5. The molecule has 0 saturated heterocycles. The van der Waals surface area contributed by atoms with Crippen molar-refractivity contribution in [3.05, 3.63) is 84.1 Å². The molecule has 1 aromatic heterocycles. The van der Waals surface area contributed by atoms with Crippen LogP contribution in [0.1, 0.15) is 29.3 Å². The van der Waals surface area contributed by atoms with Gasteiger partial charge in [-0.05, 0) is 48.2 Å². The van der Waals surface area contributed by atoms with Crippen LogP contribution in [0, 0.1) is 11.8 Å². The number of carbonyl (C=O) groups is 2.